The number of carbonyl (C=O) groups excluding carboxylic acids is 1. The van der Waals surface area contributed by atoms with Crippen LogP contribution in [0, 0.1) is 11.8 Å². The van der Waals surface area contributed by atoms with Crippen molar-refractivity contribution in [2.24, 2.45) is 11.8 Å². The normalized spacial score (nSPS) is 28.3. The lowest BCUT2D eigenvalue weighted by Gasteiger charge is -2.50. The number of piperidine rings is 2. The summed E-state index contributed by atoms with van der Waals surface area (Å²) in [5, 5.41) is 11.1. The van der Waals surface area contributed by atoms with Gasteiger partial charge in [-0.05, 0) is 43.7 Å². The molecule has 4 rings (SSSR count). The Hall–Kier alpha value is -1.59. The first kappa shape index (κ1) is 20.7. The van der Waals surface area contributed by atoms with Gasteiger partial charge in [-0.25, -0.2) is 0 Å². The van der Waals surface area contributed by atoms with Crippen LogP contribution in [0.2, 0.25) is 0 Å². The molecule has 2 aliphatic heterocycles. The summed E-state index contributed by atoms with van der Waals surface area (Å²) in [6.07, 6.45) is 6.97. The summed E-state index contributed by atoms with van der Waals surface area (Å²) < 4.78 is 6.05. The molecule has 2 unspecified atom stereocenters. The highest BCUT2D eigenvalue weighted by Crippen LogP contribution is 2.37. The zero-order valence-corrected chi connectivity index (χ0v) is 17.8. The van der Waals surface area contributed by atoms with E-state index in [2.05, 4.69) is 24.0 Å². The van der Waals surface area contributed by atoms with Crippen LogP contribution in [-0.2, 0) is 11.2 Å². The van der Waals surface area contributed by atoms with Gasteiger partial charge in [0.25, 0.3) is 0 Å². The molecule has 1 aromatic rings. The third-order valence-corrected chi connectivity index (χ3v) is 7.39. The van der Waals surface area contributed by atoms with Crippen LogP contribution < -0.4 is 4.74 Å². The number of nitrogens with zero attached hydrogens (tertiary/aromatic N) is 2. The van der Waals surface area contributed by atoms with E-state index in [1.807, 2.05) is 17.0 Å². The summed E-state index contributed by atoms with van der Waals surface area (Å²) in [4.78, 5) is 17.3. The van der Waals surface area contributed by atoms with Crippen LogP contribution in [0.25, 0.3) is 0 Å². The molecule has 29 heavy (non-hydrogen) atoms. The van der Waals surface area contributed by atoms with Gasteiger partial charge >= 0.3 is 0 Å². The van der Waals surface area contributed by atoms with Crippen molar-refractivity contribution in [3.63, 3.8) is 0 Å². The molecule has 5 heteroatoms. The van der Waals surface area contributed by atoms with E-state index in [4.69, 9.17) is 4.74 Å². The van der Waals surface area contributed by atoms with Crippen molar-refractivity contribution < 1.29 is 14.6 Å². The SMILES string of the molecule is CCc1ccccc1OCCN1CCC2(O)CCN(C(=O)C3CCCC3)CC2C1. The van der Waals surface area contributed by atoms with E-state index in [9.17, 15) is 9.90 Å². The van der Waals surface area contributed by atoms with Gasteiger partial charge in [-0.2, -0.15) is 0 Å². The van der Waals surface area contributed by atoms with Gasteiger partial charge in [0.05, 0.1) is 5.60 Å². The van der Waals surface area contributed by atoms with Gasteiger partial charge in [0, 0.05) is 44.6 Å². The highest BCUT2D eigenvalue weighted by atomic mass is 16.5. The van der Waals surface area contributed by atoms with Crippen LogP contribution in [0.15, 0.2) is 24.3 Å². The van der Waals surface area contributed by atoms with Gasteiger partial charge in [0.2, 0.25) is 5.91 Å². The average molecular weight is 401 g/mol. The third-order valence-electron chi connectivity index (χ3n) is 7.39. The number of likely N-dealkylation sites (tertiary alicyclic amines) is 2. The number of rotatable bonds is 6. The Labute approximate surface area is 175 Å². The minimum atomic E-state index is -0.599. The maximum Gasteiger partial charge on any atom is 0.225 e. The number of benzene rings is 1. The van der Waals surface area contributed by atoms with E-state index in [0.717, 1.165) is 64.0 Å². The molecule has 0 bridgehead atoms. The van der Waals surface area contributed by atoms with E-state index in [1.165, 1.54) is 18.4 Å². The minimum absolute atomic E-state index is 0.151. The molecular weight excluding hydrogens is 364 g/mol. The quantitative estimate of drug-likeness (QED) is 0.797. The monoisotopic (exact) mass is 400 g/mol. The second-order valence-corrected chi connectivity index (χ2v) is 9.18. The number of aliphatic hydroxyl groups is 1. The van der Waals surface area contributed by atoms with Gasteiger partial charge in [-0.1, -0.05) is 38.0 Å². The number of aryl methyl sites for hydroxylation is 1. The summed E-state index contributed by atoms with van der Waals surface area (Å²) in [7, 11) is 0. The molecule has 0 radical (unpaired) electrons. The Bertz CT molecular complexity index is 703. The highest BCUT2D eigenvalue weighted by Gasteiger charge is 2.46. The molecule has 2 heterocycles. The number of hydrogen-bond donors (Lipinski definition) is 1. The van der Waals surface area contributed by atoms with Gasteiger partial charge < -0.3 is 14.7 Å². The Balaban J connectivity index is 1.30. The predicted molar refractivity (Wildman–Crippen MR) is 114 cm³/mol. The molecule has 2 atom stereocenters. The molecule has 0 aromatic heterocycles. The van der Waals surface area contributed by atoms with Crippen molar-refractivity contribution in [2.75, 3.05) is 39.3 Å². The summed E-state index contributed by atoms with van der Waals surface area (Å²) in [6, 6.07) is 8.24. The molecule has 1 saturated carbocycles. The molecule has 1 N–H and O–H groups in total. The molecule has 1 aliphatic carbocycles. The highest BCUT2D eigenvalue weighted by molar-refractivity contribution is 5.79. The smallest absolute Gasteiger partial charge is 0.225 e. The van der Waals surface area contributed by atoms with E-state index in [-0.39, 0.29) is 11.8 Å². The molecule has 5 nitrogen and oxygen atoms in total. The molecule has 3 fully saturated rings. The van der Waals surface area contributed by atoms with Crippen molar-refractivity contribution in [1.82, 2.24) is 9.80 Å². The number of para-hydroxylation sites is 1. The summed E-state index contributed by atoms with van der Waals surface area (Å²) in [5.41, 5.74) is 0.646. The average Bonchev–Trinajstić information content (AvgIpc) is 3.28. The van der Waals surface area contributed by atoms with E-state index >= 15 is 0 Å². The first-order valence-electron chi connectivity index (χ1n) is 11.5. The second-order valence-electron chi connectivity index (χ2n) is 9.18. The van der Waals surface area contributed by atoms with Crippen LogP contribution in [0.3, 0.4) is 0 Å². The summed E-state index contributed by atoms with van der Waals surface area (Å²) >= 11 is 0. The number of hydrogen-bond acceptors (Lipinski definition) is 4. The first-order valence-corrected chi connectivity index (χ1v) is 11.5. The standard InChI is InChI=1S/C24H36N2O3/c1-2-19-7-5-6-10-22(19)29-16-15-25-13-11-24(28)12-14-26(18-21(24)17-25)23(27)20-8-3-4-9-20/h5-7,10,20-21,28H,2-4,8-9,11-18H2,1H3. The van der Waals surface area contributed by atoms with E-state index in [0.29, 0.717) is 19.1 Å². The molecule has 1 amide bonds. The Kier molecular flexibility index (Phi) is 6.45. The second kappa shape index (κ2) is 9.05. The maximum atomic E-state index is 12.9. The number of ether oxygens (including phenoxy) is 1. The third kappa shape index (κ3) is 4.61. The Morgan fingerprint density at radius 3 is 2.72 bits per heavy atom. The van der Waals surface area contributed by atoms with Gasteiger partial charge in [0.1, 0.15) is 12.4 Å². The summed E-state index contributed by atoms with van der Waals surface area (Å²) in [5.74, 6) is 1.70. The lowest BCUT2D eigenvalue weighted by Crippen LogP contribution is -2.61. The van der Waals surface area contributed by atoms with E-state index < -0.39 is 5.60 Å². The van der Waals surface area contributed by atoms with Gasteiger partial charge in [-0.3, -0.25) is 9.69 Å². The zero-order chi connectivity index (χ0) is 20.3. The lowest BCUT2D eigenvalue weighted by molar-refractivity contribution is -0.150. The van der Waals surface area contributed by atoms with Crippen LogP contribution >= 0.6 is 0 Å². The molecule has 1 aromatic carbocycles. The Morgan fingerprint density at radius 1 is 1.17 bits per heavy atom. The largest absolute Gasteiger partial charge is 0.492 e. The van der Waals surface area contributed by atoms with Crippen LogP contribution in [0.1, 0.15) is 51.0 Å². The van der Waals surface area contributed by atoms with Crippen molar-refractivity contribution in [1.29, 1.82) is 0 Å². The van der Waals surface area contributed by atoms with E-state index in [1.54, 1.807) is 0 Å². The van der Waals surface area contributed by atoms with Gasteiger partial charge in [-0.15, -0.1) is 0 Å². The summed E-state index contributed by atoms with van der Waals surface area (Å²) in [6.45, 7) is 6.86. The molecule has 160 valence electrons. The fourth-order valence-corrected chi connectivity index (χ4v) is 5.43. The fourth-order valence-electron chi connectivity index (χ4n) is 5.43. The van der Waals surface area contributed by atoms with Crippen molar-refractivity contribution in [3.05, 3.63) is 29.8 Å². The fraction of sp³-hybridized carbons (Fsp3) is 0.708. The molecule has 3 aliphatic rings. The number of carbonyl (C=O) groups is 1. The zero-order valence-electron chi connectivity index (χ0n) is 17.8. The molecule has 0 spiro atoms. The number of fused-ring (bicyclic) bond motifs is 1. The van der Waals surface area contributed by atoms with Gasteiger partial charge in [0.15, 0.2) is 0 Å². The Morgan fingerprint density at radius 2 is 1.93 bits per heavy atom. The van der Waals surface area contributed by atoms with Crippen molar-refractivity contribution in [3.8, 4) is 5.75 Å². The van der Waals surface area contributed by atoms with Crippen molar-refractivity contribution in [2.45, 2.75) is 57.5 Å². The minimum Gasteiger partial charge on any atom is -0.492 e. The topological polar surface area (TPSA) is 53.0 Å². The molecule has 2 saturated heterocycles. The maximum absolute atomic E-state index is 12.9. The van der Waals surface area contributed by atoms with Crippen LogP contribution in [0.4, 0.5) is 0 Å². The van der Waals surface area contributed by atoms with Crippen molar-refractivity contribution >= 4 is 5.91 Å². The molecular formula is C24H36N2O3. The lowest BCUT2D eigenvalue weighted by atomic mass is 9.75. The van der Waals surface area contributed by atoms with Crippen LogP contribution in [0.5, 0.6) is 5.75 Å². The predicted octanol–water partition coefficient (Wildman–Crippen LogP) is 3.10. The van der Waals surface area contributed by atoms with Crippen LogP contribution in [-0.4, -0.2) is 65.7 Å². The first-order chi connectivity index (χ1) is 14.1. The number of amides is 1.